The van der Waals surface area contributed by atoms with E-state index < -0.39 is 6.10 Å². The maximum absolute atomic E-state index is 12.1. The van der Waals surface area contributed by atoms with Crippen LogP contribution in [0.3, 0.4) is 0 Å². The molecule has 2 nitrogen and oxygen atoms in total. The van der Waals surface area contributed by atoms with Crippen LogP contribution in [0.1, 0.15) is 22.8 Å². The number of benzene rings is 2. The number of ether oxygens (including phenoxy) is 1. The minimum absolute atomic E-state index is 0.0188. The van der Waals surface area contributed by atoms with E-state index in [0.717, 1.165) is 6.42 Å². The van der Waals surface area contributed by atoms with Gasteiger partial charge in [0.05, 0.1) is 6.61 Å². The van der Waals surface area contributed by atoms with Crippen LogP contribution in [0.15, 0.2) is 54.6 Å². The Balaban J connectivity index is 1.84. The van der Waals surface area contributed by atoms with Crippen LogP contribution < -0.4 is 0 Å². The lowest BCUT2D eigenvalue weighted by molar-refractivity contribution is 0.0487. The van der Waals surface area contributed by atoms with E-state index in [0.29, 0.717) is 17.2 Å². The third-order valence-electron chi connectivity index (χ3n) is 3.10. The lowest BCUT2D eigenvalue weighted by atomic mass is 10.1. The molecule has 0 N–H and O–H groups in total. The lowest BCUT2D eigenvalue weighted by Gasteiger charge is -2.12. The molecule has 1 unspecified atom stereocenters. The molecule has 2 rings (SSSR count). The molecule has 0 aliphatic heterocycles. The molecular formula is C17H17ClO2. The number of carbonyl (C=O) groups is 1. The monoisotopic (exact) mass is 288 g/mol. The first-order valence-electron chi connectivity index (χ1n) is 6.62. The van der Waals surface area contributed by atoms with Crippen LogP contribution >= 0.6 is 11.6 Å². The van der Waals surface area contributed by atoms with Crippen LogP contribution in [-0.4, -0.2) is 18.5 Å². The predicted molar refractivity (Wildman–Crippen MR) is 81.3 cm³/mol. The van der Waals surface area contributed by atoms with Crippen molar-refractivity contribution >= 4 is 17.4 Å². The Hall–Kier alpha value is -1.64. The van der Waals surface area contributed by atoms with E-state index in [-0.39, 0.29) is 5.78 Å². The fourth-order valence-corrected chi connectivity index (χ4v) is 2.05. The third kappa shape index (κ3) is 4.19. The van der Waals surface area contributed by atoms with Crippen molar-refractivity contribution in [1.29, 1.82) is 0 Å². The highest BCUT2D eigenvalue weighted by Crippen LogP contribution is 2.12. The van der Waals surface area contributed by atoms with Crippen molar-refractivity contribution in [2.24, 2.45) is 0 Å². The normalized spacial score (nSPS) is 12.1. The molecule has 0 amide bonds. The molecule has 0 heterocycles. The van der Waals surface area contributed by atoms with Crippen LogP contribution in [0.5, 0.6) is 0 Å². The smallest absolute Gasteiger partial charge is 0.191 e. The topological polar surface area (TPSA) is 26.3 Å². The quantitative estimate of drug-likeness (QED) is 0.746. The molecule has 104 valence electrons. The van der Waals surface area contributed by atoms with Crippen molar-refractivity contribution in [3.8, 4) is 0 Å². The Bertz CT molecular complexity index is 549. The minimum Gasteiger partial charge on any atom is -0.370 e. The summed E-state index contributed by atoms with van der Waals surface area (Å²) < 4.78 is 5.61. The number of hydrogen-bond acceptors (Lipinski definition) is 2. The van der Waals surface area contributed by atoms with Crippen molar-refractivity contribution in [3.05, 3.63) is 70.7 Å². The molecule has 0 aliphatic carbocycles. The standard InChI is InChI=1S/C17H17ClO2/c1-13(17(19)15-7-9-16(18)10-8-15)20-12-11-14-5-3-2-4-6-14/h2-10,13H,11-12H2,1H3. The van der Waals surface area contributed by atoms with Crippen LogP contribution in [0.25, 0.3) is 0 Å². The number of carbonyl (C=O) groups excluding carboxylic acids is 1. The number of ketones is 1. The molecule has 0 fully saturated rings. The minimum atomic E-state index is -0.445. The first-order valence-corrected chi connectivity index (χ1v) is 7.00. The number of hydrogen-bond donors (Lipinski definition) is 0. The summed E-state index contributed by atoms with van der Waals surface area (Å²) in [5.74, 6) is -0.0188. The highest BCUT2D eigenvalue weighted by molar-refractivity contribution is 6.30. The zero-order valence-corrected chi connectivity index (χ0v) is 12.1. The van der Waals surface area contributed by atoms with E-state index in [4.69, 9.17) is 16.3 Å². The van der Waals surface area contributed by atoms with Crippen molar-refractivity contribution < 1.29 is 9.53 Å². The maximum atomic E-state index is 12.1. The summed E-state index contributed by atoms with van der Waals surface area (Å²) in [5, 5.41) is 0.624. The van der Waals surface area contributed by atoms with Gasteiger partial charge in [-0.25, -0.2) is 0 Å². The van der Waals surface area contributed by atoms with Crippen LogP contribution in [0, 0.1) is 0 Å². The van der Waals surface area contributed by atoms with E-state index >= 15 is 0 Å². The Kier molecular flexibility index (Phi) is 5.33. The van der Waals surface area contributed by atoms with Crippen molar-refractivity contribution in [2.45, 2.75) is 19.4 Å². The molecule has 0 saturated carbocycles. The summed E-state index contributed by atoms with van der Waals surface area (Å²) in [6.07, 6.45) is 0.360. The summed E-state index contributed by atoms with van der Waals surface area (Å²) in [7, 11) is 0. The van der Waals surface area contributed by atoms with Gasteiger partial charge in [0, 0.05) is 10.6 Å². The molecule has 0 saturated heterocycles. The maximum Gasteiger partial charge on any atom is 0.191 e. The molecule has 1 atom stereocenters. The predicted octanol–water partition coefficient (Wildman–Crippen LogP) is 4.17. The highest BCUT2D eigenvalue weighted by atomic mass is 35.5. The molecule has 0 aromatic heterocycles. The second-order valence-corrected chi connectivity index (χ2v) is 5.06. The first-order chi connectivity index (χ1) is 9.66. The number of rotatable bonds is 6. The summed E-state index contributed by atoms with van der Waals surface area (Å²) in [6, 6.07) is 17.0. The van der Waals surface area contributed by atoms with E-state index in [1.165, 1.54) is 5.56 Å². The molecule has 0 radical (unpaired) electrons. The highest BCUT2D eigenvalue weighted by Gasteiger charge is 2.15. The van der Waals surface area contributed by atoms with Gasteiger partial charge in [0.1, 0.15) is 6.10 Å². The van der Waals surface area contributed by atoms with Crippen molar-refractivity contribution in [3.63, 3.8) is 0 Å². The van der Waals surface area contributed by atoms with Crippen molar-refractivity contribution in [1.82, 2.24) is 0 Å². The zero-order chi connectivity index (χ0) is 14.4. The van der Waals surface area contributed by atoms with Gasteiger partial charge in [-0.1, -0.05) is 41.9 Å². The molecule has 3 heteroatoms. The summed E-state index contributed by atoms with van der Waals surface area (Å²) >= 11 is 5.80. The van der Waals surface area contributed by atoms with Gasteiger partial charge in [0.25, 0.3) is 0 Å². The molecule has 0 bridgehead atoms. The lowest BCUT2D eigenvalue weighted by Crippen LogP contribution is -2.22. The second kappa shape index (κ2) is 7.22. The molecule has 20 heavy (non-hydrogen) atoms. The molecule has 2 aromatic rings. The molecule has 2 aromatic carbocycles. The van der Waals surface area contributed by atoms with Crippen LogP contribution in [0.4, 0.5) is 0 Å². The van der Waals surface area contributed by atoms with Crippen LogP contribution in [-0.2, 0) is 11.2 Å². The van der Waals surface area contributed by atoms with Crippen LogP contribution in [0.2, 0.25) is 5.02 Å². The molecular weight excluding hydrogens is 272 g/mol. The van der Waals surface area contributed by atoms with Gasteiger partial charge in [0.2, 0.25) is 0 Å². The summed E-state index contributed by atoms with van der Waals surface area (Å²) in [4.78, 5) is 12.1. The van der Waals surface area contributed by atoms with E-state index in [1.807, 2.05) is 18.2 Å². The Morgan fingerprint density at radius 2 is 1.75 bits per heavy atom. The largest absolute Gasteiger partial charge is 0.370 e. The SMILES string of the molecule is CC(OCCc1ccccc1)C(=O)c1ccc(Cl)cc1. The fourth-order valence-electron chi connectivity index (χ4n) is 1.92. The summed E-state index contributed by atoms with van der Waals surface area (Å²) in [6.45, 7) is 2.31. The van der Waals surface area contributed by atoms with Gasteiger partial charge >= 0.3 is 0 Å². The Morgan fingerprint density at radius 3 is 2.40 bits per heavy atom. The van der Waals surface area contributed by atoms with E-state index in [1.54, 1.807) is 31.2 Å². The Morgan fingerprint density at radius 1 is 1.10 bits per heavy atom. The first kappa shape index (κ1) is 14.8. The van der Waals surface area contributed by atoms with Gasteiger partial charge in [-0.05, 0) is 43.2 Å². The average Bonchev–Trinajstić information content (AvgIpc) is 2.48. The second-order valence-electron chi connectivity index (χ2n) is 4.62. The van der Waals surface area contributed by atoms with Crippen molar-refractivity contribution in [2.75, 3.05) is 6.61 Å². The third-order valence-corrected chi connectivity index (χ3v) is 3.35. The Labute approximate surface area is 124 Å². The number of Topliss-reactive ketones (excluding diaryl/α,β-unsaturated/α-hetero) is 1. The summed E-state index contributed by atoms with van der Waals surface area (Å²) in [5.41, 5.74) is 1.83. The molecule has 0 spiro atoms. The molecule has 0 aliphatic rings. The zero-order valence-electron chi connectivity index (χ0n) is 11.4. The number of halogens is 1. The van der Waals surface area contributed by atoms with E-state index in [2.05, 4.69) is 12.1 Å². The fraction of sp³-hybridized carbons (Fsp3) is 0.235. The van der Waals surface area contributed by atoms with Gasteiger partial charge < -0.3 is 4.74 Å². The van der Waals surface area contributed by atoms with Gasteiger partial charge in [-0.3, -0.25) is 4.79 Å². The average molecular weight is 289 g/mol. The van der Waals surface area contributed by atoms with Gasteiger partial charge in [-0.2, -0.15) is 0 Å². The van der Waals surface area contributed by atoms with Gasteiger partial charge in [-0.15, -0.1) is 0 Å². The van der Waals surface area contributed by atoms with Gasteiger partial charge in [0.15, 0.2) is 5.78 Å². The van der Waals surface area contributed by atoms with E-state index in [9.17, 15) is 4.79 Å².